The van der Waals surface area contributed by atoms with Gasteiger partial charge in [0.25, 0.3) is 0 Å². The maximum Gasteiger partial charge on any atom is 0.345 e. The number of aliphatic hydroxyl groups is 1. The van der Waals surface area contributed by atoms with Crippen molar-refractivity contribution in [3.63, 3.8) is 0 Å². The molecule has 0 aliphatic carbocycles. The zero-order valence-electron chi connectivity index (χ0n) is 23.6. The summed E-state index contributed by atoms with van der Waals surface area (Å²) in [5.74, 6) is -3.00. The SMILES string of the molecule is CC[C@H](C)CNC(=O)[C@@H](C[C@H](O)[C@H](CC(C)C)NC(=O)C[C@H](OC(=O)Cc1ccccc1)C(=O)O)C(C)C. The van der Waals surface area contributed by atoms with Crippen LogP contribution in [-0.2, 0) is 30.3 Å². The first-order valence-corrected chi connectivity index (χ1v) is 13.5. The first kappa shape index (κ1) is 33.1. The molecule has 0 bridgehead atoms. The van der Waals surface area contributed by atoms with E-state index >= 15 is 0 Å². The van der Waals surface area contributed by atoms with E-state index in [-0.39, 0.29) is 30.6 Å². The van der Waals surface area contributed by atoms with Gasteiger partial charge >= 0.3 is 11.9 Å². The average Bonchev–Trinajstić information content (AvgIpc) is 2.84. The number of benzene rings is 1. The zero-order chi connectivity index (χ0) is 28.8. The molecule has 0 saturated carbocycles. The Bertz CT molecular complexity index is 888. The summed E-state index contributed by atoms with van der Waals surface area (Å²) in [5.41, 5.74) is 0.666. The third kappa shape index (κ3) is 12.5. The van der Waals surface area contributed by atoms with Gasteiger partial charge in [-0.1, -0.05) is 78.3 Å². The van der Waals surface area contributed by atoms with E-state index in [2.05, 4.69) is 24.5 Å². The fraction of sp³-hybridized carbons (Fsp3) is 0.655. The molecule has 1 aromatic rings. The number of hydrogen-bond donors (Lipinski definition) is 4. The van der Waals surface area contributed by atoms with Crippen molar-refractivity contribution in [2.45, 2.75) is 91.9 Å². The van der Waals surface area contributed by atoms with Crippen LogP contribution in [0.15, 0.2) is 30.3 Å². The van der Waals surface area contributed by atoms with Crippen molar-refractivity contribution < 1.29 is 34.1 Å². The smallest absolute Gasteiger partial charge is 0.345 e. The Morgan fingerprint density at radius 2 is 1.61 bits per heavy atom. The van der Waals surface area contributed by atoms with E-state index < -0.39 is 48.4 Å². The number of esters is 1. The second-order valence-electron chi connectivity index (χ2n) is 10.9. The molecule has 0 aliphatic heterocycles. The Morgan fingerprint density at radius 3 is 2.13 bits per heavy atom. The Morgan fingerprint density at radius 1 is 0.974 bits per heavy atom. The number of ether oxygens (including phenoxy) is 1. The van der Waals surface area contributed by atoms with Crippen LogP contribution in [0.2, 0.25) is 0 Å². The molecule has 0 unspecified atom stereocenters. The third-order valence-corrected chi connectivity index (χ3v) is 6.61. The van der Waals surface area contributed by atoms with Gasteiger partial charge in [-0.25, -0.2) is 4.79 Å². The third-order valence-electron chi connectivity index (χ3n) is 6.61. The van der Waals surface area contributed by atoms with Gasteiger partial charge in [-0.3, -0.25) is 14.4 Å². The van der Waals surface area contributed by atoms with Gasteiger partial charge in [-0.05, 0) is 36.2 Å². The lowest BCUT2D eigenvalue weighted by atomic mass is 9.85. The fourth-order valence-electron chi connectivity index (χ4n) is 4.05. The van der Waals surface area contributed by atoms with Crippen molar-refractivity contribution in [2.75, 3.05) is 6.54 Å². The van der Waals surface area contributed by atoms with Crippen LogP contribution in [0.3, 0.4) is 0 Å². The van der Waals surface area contributed by atoms with Gasteiger partial charge < -0.3 is 25.6 Å². The number of carbonyl (C=O) groups is 4. The minimum Gasteiger partial charge on any atom is -0.478 e. The van der Waals surface area contributed by atoms with E-state index in [1.54, 1.807) is 30.3 Å². The maximum atomic E-state index is 12.8. The van der Waals surface area contributed by atoms with Gasteiger partial charge in [0.15, 0.2) is 0 Å². The lowest BCUT2D eigenvalue weighted by Crippen LogP contribution is -2.48. The molecular weight excluding hydrogens is 488 g/mol. The number of carboxylic acids is 1. The number of carbonyl (C=O) groups excluding carboxylic acids is 3. The Labute approximate surface area is 226 Å². The average molecular weight is 535 g/mol. The van der Waals surface area contributed by atoms with Gasteiger partial charge in [0.05, 0.1) is 25.0 Å². The van der Waals surface area contributed by atoms with Crippen LogP contribution in [-0.4, -0.2) is 58.8 Å². The molecule has 0 fully saturated rings. The molecule has 38 heavy (non-hydrogen) atoms. The molecule has 1 aromatic carbocycles. The van der Waals surface area contributed by atoms with Crippen LogP contribution in [0.25, 0.3) is 0 Å². The van der Waals surface area contributed by atoms with Crippen molar-refractivity contribution in [3.8, 4) is 0 Å². The lowest BCUT2D eigenvalue weighted by Gasteiger charge is -2.30. The first-order valence-electron chi connectivity index (χ1n) is 13.5. The highest BCUT2D eigenvalue weighted by Crippen LogP contribution is 2.22. The number of hydrogen-bond acceptors (Lipinski definition) is 6. The van der Waals surface area contributed by atoms with E-state index in [0.29, 0.717) is 24.4 Å². The number of carboxylic acid groups (broad SMARTS) is 1. The summed E-state index contributed by atoms with van der Waals surface area (Å²) in [5, 5.41) is 26.3. The van der Waals surface area contributed by atoms with Crippen LogP contribution in [0.5, 0.6) is 0 Å². The normalized spacial score (nSPS) is 15.3. The number of nitrogens with one attached hydrogen (secondary N) is 2. The number of rotatable bonds is 17. The van der Waals surface area contributed by atoms with E-state index in [9.17, 15) is 29.4 Å². The Kier molecular flexibility index (Phi) is 14.6. The minimum absolute atomic E-state index is 0.0302. The largest absolute Gasteiger partial charge is 0.478 e. The van der Waals surface area contributed by atoms with E-state index in [1.165, 1.54) is 0 Å². The highest BCUT2D eigenvalue weighted by Gasteiger charge is 2.32. The van der Waals surface area contributed by atoms with Crippen LogP contribution >= 0.6 is 0 Å². The number of aliphatic carboxylic acids is 1. The topological polar surface area (TPSA) is 142 Å². The van der Waals surface area contributed by atoms with Crippen molar-refractivity contribution in [3.05, 3.63) is 35.9 Å². The Hall–Kier alpha value is -2.94. The predicted octanol–water partition coefficient (Wildman–Crippen LogP) is 3.33. The summed E-state index contributed by atoms with van der Waals surface area (Å²) in [7, 11) is 0. The molecule has 5 atom stereocenters. The number of amides is 2. The van der Waals surface area contributed by atoms with Gasteiger partial charge in [-0.15, -0.1) is 0 Å². The molecule has 0 heterocycles. The maximum absolute atomic E-state index is 12.8. The van der Waals surface area contributed by atoms with E-state index in [1.807, 2.05) is 27.7 Å². The summed E-state index contributed by atoms with van der Waals surface area (Å²) in [6.45, 7) is 12.4. The standard InChI is InChI=1S/C29H46N2O7/c1-7-20(6)17-30-28(35)22(19(4)5)15-24(32)23(13-18(2)3)31-26(33)16-25(29(36)37)38-27(34)14-21-11-9-8-10-12-21/h8-12,18-20,22-25,32H,7,13-17H2,1-6H3,(H,30,35)(H,31,33)(H,36,37)/t20-,22-,23-,24-,25-/m0/s1. The van der Waals surface area contributed by atoms with Crippen molar-refractivity contribution in [2.24, 2.45) is 23.7 Å². The molecule has 9 nitrogen and oxygen atoms in total. The quantitative estimate of drug-likeness (QED) is 0.225. The summed E-state index contributed by atoms with van der Waals surface area (Å²) in [4.78, 5) is 49.6. The summed E-state index contributed by atoms with van der Waals surface area (Å²) in [6.07, 6.45) is -1.86. The van der Waals surface area contributed by atoms with E-state index in [0.717, 1.165) is 6.42 Å². The molecule has 0 radical (unpaired) electrons. The lowest BCUT2D eigenvalue weighted by molar-refractivity contribution is -0.165. The molecule has 0 aliphatic rings. The molecule has 1 rings (SSSR count). The molecule has 2 amide bonds. The van der Waals surface area contributed by atoms with Gasteiger partial charge in [0.2, 0.25) is 17.9 Å². The summed E-state index contributed by atoms with van der Waals surface area (Å²) < 4.78 is 5.08. The molecule has 0 aromatic heterocycles. The molecule has 4 N–H and O–H groups in total. The molecular formula is C29H46N2O7. The number of aliphatic hydroxyl groups excluding tert-OH is 1. The van der Waals surface area contributed by atoms with Crippen LogP contribution < -0.4 is 10.6 Å². The van der Waals surface area contributed by atoms with Gasteiger partial charge in [0.1, 0.15) is 0 Å². The summed E-state index contributed by atoms with van der Waals surface area (Å²) in [6, 6.07) is 8.05. The van der Waals surface area contributed by atoms with Gasteiger partial charge in [0, 0.05) is 12.5 Å². The first-order chi connectivity index (χ1) is 17.8. The minimum atomic E-state index is -1.65. The molecule has 0 saturated heterocycles. The van der Waals surface area contributed by atoms with Crippen LogP contribution in [0, 0.1) is 23.7 Å². The van der Waals surface area contributed by atoms with Gasteiger partial charge in [-0.2, -0.15) is 0 Å². The van der Waals surface area contributed by atoms with Crippen molar-refractivity contribution >= 4 is 23.8 Å². The highest BCUT2D eigenvalue weighted by molar-refractivity contribution is 5.86. The van der Waals surface area contributed by atoms with Crippen molar-refractivity contribution in [1.29, 1.82) is 0 Å². The molecule has 0 spiro atoms. The van der Waals surface area contributed by atoms with E-state index in [4.69, 9.17) is 4.74 Å². The van der Waals surface area contributed by atoms with Crippen LogP contribution in [0.1, 0.15) is 72.8 Å². The predicted molar refractivity (Wildman–Crippen MR) is 145 cm³/mol. The van der Waals surface area contributed by atoms with Crippen LogP contribution in [0.4, 0.5) is 0 Å². The monoisotopic (exact) mass is 534 g/mol. The molecule has 214 valence electrons. The Balaban J connectivity index is 2.84. The molecule has 9 heteroatoms. The second-order valence-corrected chi connectivity index (χ2v) is 10.9. The fourth-order valence-corrected chi connectivity index (χ4v) is 4.05. The van der Waals surface area contributed by atoms with Crippen molar-refractivity contribution in [1.82, 2.24) is 10.6 Å². The highest BCUT2D eigenvalue weighted by atomic mass is 16.6. The second kappa shape index (κ2) is 16.8. The summed E-state index contributed by atoms with van der Waals surface area (Å²) >= 11 is 0. The zero-order valence-corrected chi connectivity index (χ0v) is 23.6.